The summed E-state index contributed by atoms with van der Waals surface area (Å²) in [6, 6.07) is 0. The van der Waals surface area contributed by atoms with Gasteiger partial charge < -0.3 is 14.2 Å². The van der Waals surface area contributed by atoms with Crippen molar-refractivity contribution in [2.24, 2.45) is 0 Å². The highest BCUT2D eigenvalue weighted by Crippen LogP contribution is 2.16. The lowest BCUT2D eigenvalue weighted by atomic mass is 10.0. The molecular weight excluding hydrogens is 841 g/mol. The minimum Gasteiger partial charge on any atom is -0.462 e. The molecule has 0 aliphatic carbocycles. The average Bonchev–Trinajstić information content (AvgIpc) is 3.34. The van der Waals surface area contributed by atoms with Crippen molar-refractivity contribution in [3.05, 3.63) is 36.5 Å². The molecule has 0 rings (SSSR count). The Hall–Kier alpha value is -2.37. The van der Waals surface area contributed by atoms with Crippen LogP contribution < -0.4 is 0 Å². The Kier molecular flexibility index (Phi) is 55.2. The lowest BCUT2D eigenvalue weighted by molar-refractivity contribution is -0.167. The number of hydrogen-bond acceptors (Lipinski definition) is 6. The van der Waals surface area contributed by atoms with Crippen molar-refractivity contribution < 1.29 is 28.6 Å². The van der Waals surface area contributed by atoms with Gasteiger partial charge in [0.2, 0.25) is 0 Å². The van der Waals surface area contributed by atoms with Crippen molar-refractivity contribution >= 4 is 17.9 Å². The van der Waals surface area contributed by atoms with Gasteiger partial charge >= 0.3 is 17.9 Å². The first-order valence-electron chi connectivity index (χ1n) is 30.0. The molecular formula is C62H114O6. The van der Waals surface area contributed by atoms with Crippen LogP contribution in [0.2, 0.25) is 0 Å². The first-order chi connectivity index (χ1) is 33.5. The molecule has 0 aliphatic heterocycles. The fourth-order valence-electron chi connectivity index (χ4n) is 8.78. The minimum absolute atomic E-state index is 0.0760. The van der Waals surface area contributed by atoms with Gasteiger partial charge in [-0.2, -0.15) is 0 Å². The number of rotatable bonds is 55. The van der Waals surface area contributed by atoms with Crippen molar-refractivity contribution in [2.45, 2.75) is 329 Å². The summed E-state index contributed by atoms with van der Waals surface area (Å²) in [5.41, 5.74) is 0. The van der Waals surface area contributed by atoms with Gasteiger partial charge in [0, 0.05) is 19.3 Å². The summed E-state index contributed by atoms with van der Waals surface area (Å²) in [6.07, 6.45) is 68.6. The van der Waals surface area contributed by atoms with Gasteiger partial charge in [-0.1, -0.05) is 243 Å². The summed E-state index contributed by atoms with van der Waals surface area (Å²) in [7, 11) is 0. The number of allylic oxidation sites excluding steroid dienone is 6. The van der Waals surface area contributed by atoms with E-state index in [2.05, 4.69) is 57.2 Å². The highest BCUT2D eigenvalue weighted by Gasteiger charge is 2.19. The number of hydrogen-bond donors (Lipinski definition) is 0. The lowest BCUT2D eigenvalue weighted by Gasteiger charge is -2.18. The molecule has 6 heteroatoms. The second kappa shape index (κ2) is 57.2. The Morgan fingerprint density at radius 3 is 0.750 bits per heavy atom. The number of unbranched alkanes of at least 4 members (excludes halogenated alkanes) is 38. The first-order valence-corrected chi connectivity index (χ1v) is 30.0. The molecule has 6 nitrogen and oxygen atoms in total. The largest absolute Gasteiger partial charge is 0.462 e. The van der Waals surface area contributed by atoms with Crippen LogP contribution in [0.15, 0.2) is 36.5 Å². The average molecular weight is 956 g/mol. The van der Waals surface area contributed by atoms with Crippen LogP contribution in [0.1, 0.15) is 323 Å². The molecule has 0 saturated heterocycles. The molecule has 0 bridgehead atoms. The van der Waals surface area contributed by atoms with E-state index >= 15 is 0 Å². The van der Waals surface area contributed by atoms with Crippen LogP contribution in [0.4, 0.5) is 0 Å². The van der Waals surface area contributed by atoms with E-state index in [1.807, 2.05) is 0 Å². The molecule has 0 heterocycles. The monoisotopic (exact) mass is 955 g/mol. The molecule has 1 unspecified atom stereocenters. The Morgan fingerprint density at radius 2 is 0.485 bits per heavy atom. The molecule has 0 N–H and O–H groups in total. The van der Waals surface area contributed by atoms with Crippen molar-refractivity contribution in [3.63, 3.8) is 0 Å². The molecule has 398 valence electrons. The minimum atomic E-state index is -0.778. The van der Waals surface area contributed by atoms with Crippen LogP contribution in [-0.4, -0.2) is 37.2 Å². The van der Waals surface area contributed by atoms with Gasteiger partial charge in [-0.05, 0) is 96.3 Å². The fourth-order valence-corrected chi connectivity index (χ4v) is 8.78. The summed E-state index contributed by atoms with van der Waals surface area (Å²) in [5.74, 6) is -0.879. The highest BCUT2D eigenvalue weighted by atomic mass is 16.6. The van der Waals surface area contributed by atoms with Crippen molar-refractivity contribution in [2.75, 3.05) is 13.2 Å². The SMILES string of the molecule is CCCCCC/C=C\CCCCCCCC(=O)OCC(COC(=O)CCCCCCCCCCCCC/C=C\CCCCCCCCCC)OC(=O)CCCCCCC/C=C\CCCCCCC. The van der Waals surface area contributed by atoms with Crippen LogP contribution in [0, 0.1) is 0 Å². The normalized spacial score (nSPS) is 12.2. The molecule has 1 atom stereocenters. The molecule has 68 heavy (non-hydrogen) atoms. The van der Waals surface area contributed by atoms with E-state index in [1.54, 1.807) is 0 Å². The second-order valence-electron chi connectivity index (χ2n) is 20.2. The van der Waals surface area contributed by atoms with Crippen molar-refractivity contribution in [3.8, 4) is 0 Å². The van der Waals surface area contributed by atoms with Gasteiger partial charge in [0.05, 0.1) is 0 Å². The second-order valence-corrected chi connectivity index (χ2v) is 20.2. The Morgan fingerprint density at radius 1 is 0.279 bits per heavy atom. The maximum atomic E-state index is 12.8. The van der Waals surface area contributed by atoms with Gasteiger partial charge in [-0.3, -0.25) is 14.4 Å². The lowest BCUT2D eigenvalue weighted by Crippen LogP contribution is -2.30. The number of carbonyl (C=O) groups excluding carboxylic acids is 3. The standard InChI is InChI=1S/C62H114O6/c1-4-7-10-13-16-19-22-25-27-28-29-30-31-32-33-34-35-38-40-43-46-49-52-55-61(64)67-58-59(57-66-60(63)54-51-48-45-42-39-36-24-21-18-15-12-9-6-3)68-62(65)56-53-50-47-44-41-37-26-23-20-17-14-11-8-5-2/h21,23-24,26,28-29,59H,4-20,22,25,27,30-58H2,1-3H3/b24-21-,26-23-,29-28-. The Bertz CT molecular complexity index is 1140. The van der Waals surface area contributed by atoms with E-state index in [9.17, 15) is 14.4 Å². The third kappa shape index (κ3) is 54.6. The summed E-state index contributed by atoms with van der Waals surface area (Å²) in [6.45, 7) is 6.64. The third-order valence-corrected chi connectivity index (χ3v) is 13.3. The third-order valence-electron chi connectivity index (χ3n) is 13.3. The molecule has 0 spiro atoms. The van der Waals surface area contributed by atoms with E-state index in [-0.39, 0.29) is 31.1 Å². The maximum Gasteiger partial charge on any atom is 0.306 e. The Balaban J connectivity index is 4.27. The van der Waals surface area contributed by atoms with Gasteiger partial charge in [0.15, 0.2) is 6.10 Å². The summed E-state index contributed by atoms with van der Waals surface area (Å²) >= 11 is 0. The van der Waals surface area contributed by atoms with Gasteiger partial charge in [0.1, 0.15) is 13.2 Å². The smallest absolute Gasteiger partial charge is 0.306 e. The van der Waals surface area contributed by atoms with Gasteiger partial charge in [-0.15, -0.1) is 0 Å². The van der Waals surface area contributed by atoms with E-state index in [1.165, 1.54) is 212 Å². The first kappa shape index (κ1) is 65.6. The predicted octanol–water partition coefficient (Wildman–Crippen LogP) is 20.0. The summed E-state index contributed by atoms with van der Waals surface area (Å²) < 4.78 is 16.9. The molecule has 0 amide bonds. The van der Waals surface area contributed by atoms with Crippen LogP contribution >= 0.6 is 0 Å². The molecule has 0 aromatic carbocycles. The van der Waals surface area contributed by atoms with E-state index in [0.717, 1.165) is 70.6 Å². The van der Waals surface area contributed by atoms with Crippen LogP contribution in [-0.2, 0) is 28.6 Å². The molecule has 0 saturated carbocycles. The Labute approximate surface area is 423 Å². The van der Waals surface area contributed by atoms with Crippen molar-refractivity contribution in [1.29, 1.82) is 0 Å². The topological polar surface area (TPSA) is 78.9 Å². The van der Waals surface area contributed by atoms with E-state index in [0.29, 0.717) is 19.3 Å². The molecule has 0 aromatic heterocycles. The summed E-state index contributed by atoms with van der Waals surface area (Å²) in [5, 5.41) is 0. The predicted molar refractivity (Wildman–Crippen MR) is 293 cm³/mol. The number of esters is 3. The highest BCUT2D eigenvalue weighted by molar-refractivity contribution is 5.71. The van der Waals surface area contributed by atoms with Gasteiger partial charge in [0.25, 0.3) is 0 Å². The van der Waals surface area contributed by atoms with Gasteiger partial charge in [-0.25, -0.2) is 0 Å². The van der Waals surface area contributed by atoms with Crippen LogP contribution in [0.3, 0.4) is 0 Å². The molecule has 0 radical (unpaired) electrons. The molecule has 0 aromatic rings. The molecule has 0 fully saturated rings. The maximum absolute atomic E-state index is 12.8. The van der Waals surface area contributed by atoms with E-state index < -0.39 is 6.10 Å². The number of ether oxygens (including phenoxy) is 3. The van der Waals surface area contributed by atoms with E-state index in [4.69, 9.17) is 14.2 Å². The number of carbonyl (C=O) groups is 3. The molecule has 0 aliphatic rings. The fraction of sp³-hybridized carbons (Fsp3) is 0.855. The van der Waals surface area contributed by atoms with Crippen LogP contribution in [0.5, 0.6) is 0 Å². The zero-order chi connectivity index (χ0) is 49.3. The van der Waals surface area contributed by atoms with Crippen molar-refractivity contribution in [1.82, 2.24) is 0 Å². The summed E-state index contributed by atoms with van der Waals surface area (Å²) in [4.78, 5) is 38.1. The zero-order valence-corrected chi connectivity index (χ0v) is 45.6. The quantitative estimate of drug-likeness (QED) is 0.0262. The van der Waals surface area contributed by atoms with Crippen LogP contribution in [0.25, 0.3) is 0 Å². The zero-order valence-electron chi connectivity index (χ0n) is 45.6.